The molecule has 0 aromatic carbocycles. The molecule has 1 aromatic heterocycles. The van der Waals surface area contributed by atoms with Crippen LogP contribution in [-0.2, 0) is 4.79 Å². The zero-order valence-electron chi connectivity index (χ0n) is 23.8. The third-order valence-electron chi connectivity index (χ3n) is 12.2. The zero-order valence-corrected chi connectivity index (χ0v) is 23.8. The van der Waals surface area contributed by atoms with E-state index in [2.05, 4.69) is 46.8 Å². The van der Waals surface area contributed by atoms with E-state index in [9.17, 15) is 9.90 Å². The fourth-order valence-electron chi connectivity index (χ4n) is 10.0. The number of fused-ring (bicyclic) bond motifs is 5. The lowest BCUT2D eigenvalue weighted by Crippen LogP contribution is -2.51. The Kier molecular flexibility index (Phi) is 7.07. The standard InChI is InChI=1S/C32H48N4O2/c1-22(4-9-30(38)36-18-16-35(17-19-36)24-12-15-33-34-21-24)27-7-8-28-26-6-5-23-20-25(37)10-13-31(23,2)29(26)11-14-32(27,28)3/h5,12,15,21-22,25-29,37H,4,6-11,13-14,16-20H2,1-3H3/t22?,25-,26-,27+,28-,29-,31-,32+/m0/s1. The number of hydrogen-bond donors (Lipinski definition) is 1. The smallest absolute Gasteiger partial charge is 0.222 e. The molecular weight excluding hydrogens is 472 g/mol. The molecule has 2 heterocycles. The van der Waals surface area contributed by atoms with E-state index < -0.39 is 0 Å². The van der Waals surface area contributed by atoms with Gasteiger partial charge in [0.1, 0.15) is 0 Å². The van der Waals surface area contributed by atoms with Gasteiger partial charge in [-0.05, 0) is 104 Å². The van der Waals surface area contributed by atoms with E-state index in [-0.39, 0.29) is 6.10 Å². The van der Waals surface area contributed by atoms with E-state index in [1.54, 1.807) is 11.8 Å². The molecule has 208 valence electrons. The second kappa shape index (κ2) is 10.2. The molecule has 6 nitrogen and oxygen atoms in total. The average Bonchev–Trinajstić information content (AvgIpc) is 3.30. The van der Waals surface area contributed by atoms with Crippen molar-refractivity contribution in [2.75, 3.05) is 31.1 Å². The minimum Gasteiger partial charge on any atom is -0.393 e. The van der Waals surface area contributed by atoms with Crippen LogP contribution >= 0.6 is 0 Å². The first-order valence-corrected chi connectivity index (χ1v) is 15.5. The number of hydrogen-bond acceptors (Lipinski definition) is 5. The number of aliphatic hydroxyl groups is 1. The SMILES string of the molecule is CC(CCC(=O)N1CCN(c2ccnnc2)CC1)[C@H]1CC[C@H]2[C@@H]3CC=C4C[C@@H](O)CC[C@]4(C)[C@H]3CC[C@]12C. The molecule has 38 heavy (non-hydrogen) atoms. The number of rotatable bonds is 5. The molecule has 0 bridgehead atoms. The second-order valence-electron chi connectivity index (χ2n) is 13.9. The molecule has 4 aliphatic carbocycles. The summed E-state index contributed by atoms with van der Waals surface area (Å²) in [5.41, 5.74) is 3.40. The summed E-state index contributed by atoms with van der Waals surface area (Å²) >= 11 is 0. The topological polar surface area (TPSA) is 69.6 Å². The van der Waals surface area contributed by atoms with Crippen LogP contribution in [-0.4, -0.2) is 58.4 Å². The number of carbonyl (C=O) groups excluding carboxylic acids is 1. The summed E-state index contributed by atoms with van der Waals surface area (Å²) in [6, 6.07) is 2.00. The molecule has 1 aliphatic heterocycles. The number of amides is 1. The number of nitrogens with zero attached hydrogens (tertiary/aromatic N) is 4. The molecule has 1 amide bonds. The molecule has 1 saturated heterocycles. The Bertz CT molecular complexity index is 1040. The molecule has 0 spiro atoms. The summed E-state index contributed by atoms with van der Waals surface area (Å²) in [5, 5.41) is 18.2. The van der Waals surface area contributed by atoms with Crippen molar-refractivity contribution in [1.29, 1.82) is 0 Å². The summed E-state index contributed by atoms with van der Waals surface area (Å²) in [4.78, 5) is 17.5. The van der Waals surface area contributed by atoms with Crippen molar-refractivity contribution >= 4 is 11.6 Å². The Morgan fingerprint density at radius 3 is 2.66 bits per heavy atom. The minimum atomic E-state index is -0.123. The Morgan fingerprint density at radius 2 is 1.89 bits per heavy atom. The van der Waals surface area contributed by atoms with Gasteiger partial charge in [-0.15, -0.1) is 0 Å². The lowest BCUT2D eigenvalue weighted by Gasteiger charge is -2.58. The fourth-order valence-corrected chi connectivity index (χ4v) is 10.0. The molecule has 8 atom stereocenters. The highest BCUT2D eigenvalue weighted by Gasteiger charge is 2.59. The van der Waals surface area contributed by atoms with E-state index in [0.29, 0.717) is 29.1 Å². The summed E-state index contributed by atoms with van der Waals surface area (Å²) in [6.07, 6.45) is 17.4. The quantitative estimate of drug-likeness (QED) is 0.521. The Morgan fingerprint density at radius 1 is 1.08 bits per heavy atom. The molecule has 6 rings (SSSR count). The van der Waals surface area contributed by atoms with E-state index >= 15 is 0 Å². The summed E-state index contributed by atoms with van der Waals surface area (Å²) in [7, 11) is 0. The maximum Gasteiger partial charge on any atom is 0.222 e. The van der Waals surface area contributed by atoms with Gasteiger partial charge < -0.3 is 14.9 Å². The first-order valence-electron chi connectivity index (χ1n) is 15.5. The van der Waals surface area contributed by atoms with Gasteiger partial charge in [0, 0.05) is 32.6 Å². The van der Waals surface area contributed by atoms with Crippen molar-refractivity contribution in [2.24, 2.45) is 40.4 Å². The van der Waals surface area contributed by atoms with Crippen molar-refractivity contribution in [2.45, 2.75) is 91.1 Å². The number of aliphatic hydroxyl groups excluding tert-OH is 1. The molecule has 0 radical (unpaired) electrons. The van der Waals surface area contributed by atoms with E-state index in [1.165, 1.54) is 38.5 Å². The zero-order chi connectivity index (χ0) is 26.5. The number of allylic oxidation sites excluding steroid dienone is 1. The summed E-state index contributed by atoms with van der Waals surface area (Å²) in [5.74, 6) is 4.11. The molecule has 1 unspecified atom stereocenters. The van der Waals surface area contributed by atoms with Crippen LogP contribution in [0.4, 0.5) is 5.69 Å². The van der Waals surface area contributed by atoms with Crippen molar-refractivity contribution in [1.82, 2.24) is 15.1 Å². The van der Waals surface area contributed by atoms with Gasteiger partial charge in [-0.1, -0.05) is 32.4 Å². The molecule has 1 N–H and O–H groups in total. The van der Waals surface area contributed by atoms with Gasteiger partial charge in [-0.2, -0.15) is 10.2 Å². The normalized spacial score (nSPS) is 39.6. The average molecular weight is 521 g/mol. The first kappa shape index (κ1) is 26.3. The van der Waals surface area contributed by atoms with Gasteiger partial charge in [0.05, 0.1) is 24.2 Å². The van der Waals surface area contributed by atoms with Crippen LogP contribution in [0.1, 0.15) is 85.0 Å². The highest BCUT2D eigenvalue weighted by molar-refractivity contribution is 5.76. The van der Waals surface area contributed by atoms with Gasteiger partial charge >= 0.3 is 0 Å². The highest BCUT2D eigenvalue weighted by atomic mass is 16.3. The maximum atomic E-state index is 13.2. The van der Waals surface area contributed by atoms with Crippen LogP contribution in [0.5, 0.6) is 0 Å². The summed E-state index contributed by atoms with van der Waals surface area (Å²) in [6.45, 7) is 10.9. The summed E-state index contributed by atoms with van der Waals surface area (Å²) < 4.78 is 0. The lowest BCUT2D eigenvalue weighted by atomic mass is 9.47. The number of aromatic nitrogens is 2. The second-order valence-corrected chi connectivity index (χ2v) is 13.9. The van der Waals surface area contributed by atoms with Crippen molar-refractivity contribution < 1.29 is 9.90 Å². The molecule has 6 heteroatoms. The highest BCUT2D eigenvalue weighted by Crippen LogP contribution is 2.67. The van der Waals surface area contributed by atoms with Crippen LogP contribution in [0.15, 0.2) is 30.1 Å². The van der Waals surface area contributed by atoms with E-state index in [0.717, 1.165) is 74.8 Å². The van der Waals surface area contributed by atoms with Crippen LogP contribution in [0.25, 0.3) is 0 Å². The van der Waals surface area contributed by atoms with Crippen molar-refractivity contribution in [3.8, 4) is 0 Å². The third kappa shape index (κ3) is 4.49. The van der Waals surface area contributed by atoms with E-state index in [4.69, 9.17) is 0 Å². The van der Waals surface area contributed by atoms with Gasteiger partial charge in [0.25, 0.3) is 0 Å². The van der Waals surface area contributed by atoms with E-state index in [1.807, 2.05) is 12.3 Å². The van der Waals surface area contributed by atoms with Gasteiger partial charge in [-0.25, -0.2) is 0 Å². The monoisotopic (exact) mass is 520 g/mol. The van der Waals surface area contributed by atoms with Crippen LogP contribution in [0, 0.1) is 40.4 Å². The molecular formula is C32H48N4O2. The third-order valence-corrected chi connectivity index (χ3v) is 12.2. The molecule has 5 aliphatic rings. The van der Waals surface area contributed by atoms with Crippen molar-refractivity contribution in [3.63, 3.8) is 0 Å². The van der Waals surface area contributed by atoms with Crippen LogP contribution in [0.2, 0.25) is 0 Å². The maximum absolute atomic E-state index is 13.2. The Labute approximate surface area is 229 Å². The fraction of sp³-hybridized carbons (Fsp3) is 0.781. The molecule has 3 saturated carbocycles. The lowest BCUT2D eigenvalue weighted by molar-refractivity contribution is -0.132. The molecule has 1 aromatic rings. The predicted molar refractivity (Wildman–Crippen MR) is 150 cm³/mol. The van der Waals surface area contributed by atoms with Gasteiger partial charge in [0.15, 0.2) is 0 Å². The predicted octanol–water partition coefficient (Wildman–Crippen LogP) is 5.48. The van der Waals surface area contributed by atoms with Crippen LogP contribution in [0.3, 0.4) is 0 Å². The Balaban J connectivity index is 1.04. The number of carbonyl (C=O) groups is 1. The van der Waals surface area contributed by atoms with Gasteiger partial charge in [0.2, 0.25) is 5.91 Å². The first-order chi connectivity index (χ1) is 18.3. The molecule has 4 fully saturated rings. The number of piperazine rings is 1. The van der Waals surface area contributed by atoms with Gasteiger partial charge in [-0.3, -0.25) is 4.79 Å². The van der Waals surface area contributed by atoms with Crippen molar-refractivity contribution in [3.05, 3.63) is 30.1 Å². The number of anilines is 1. The van der Waals surface area contributed by atoms with Crippen LogP contribution < -0.4 is 4.90 Å². The minimum absolute atomic E-state index is 0.123. The largest absolute Gasteiger partial charge is 0.393 e. The Hall–Kier alpha value is -1.95.